The number of aromatic nitrogens is 2. The Morgan fingerprint density at radius 1 is 1.14 bits per heavy atom. The molecule has 0 bridgehead atoms. The lowest BCUT2D eigenvalue weighted by molar-refractivity contribution is 0.102. The van der Waals surface area contributed by atoms with Crippen LogP contribution in [0.5, 0.6) is 5.75 Å². The van der Waals surface area contributed by atoms with Crippen LogP contribution >= 0.6 is 0 Å². The number of methoxy groups -OCH3 is 1. The number of nitrogen functional groups attached to an aromatic ring is 1. The van der Waals surface area contributed by atoms with E-state index in [4.69, 9.17) is 15.6 Å². The number of nitrogens with one attached hydrogen (secondary N) is 1. The molecule has 0 saturated heterocycles. The molecule has 1 amide bonds. The van der Waals surface area contributed by atoms with Gasteiger partial charge in [-0.1, -0.05) is 17.7 Å². The van der Waals surface area contributed by atoms with Crippen molar-refractivity contribution in [3.63, 3.8) is 0 Å². The average Bonchev–Trinajstić information content (AvgIpc) is 3.10. The lowest BCUT2D eigenvalue weighted by Crippen LogP contribution is -2.16. The number of carbonyl (C=O) groups is 1. The first kappa shape index (κ1) is 18.1. The molecule has 6 nitrogen and oxygen atoms in total. The number of nitrogens with two attached hydrogens (primary N) is 1. The molecule has 0 saturated carbocycles. The van der Waals surface area contributed by atoms with Crippen molar-refractivity contribution in [2.24, 2.45) is 0 Å². The van der Waals surface area contributed by atoms with E-state index in [1.54, 1.807) is 25.3 Å². The van der Waals surface area contributed by atoms with Crippen LogP contribution in [0.2, 0.25) is 0 Å². The number of nitrogens with zero attached hydrogens (tertiary/aromatic N) is 2. The molecule has 2 aromatic carbocycles. The fraction of sp³-hybridized carbons (Fsp3) is 0.273. The number of fused-ring (bicyclic) bond motifs is 1. The van der Waals surface area contributed by atoms with Gasteiger partial charge in [0.2, 0.25) is 0 Å². The smallest absolute Gasteiger partial charge is 0.276 e. The summed E-state index contributed by atoms with van der Waals surface area (Å²) in [6, 6.07) is 13.4. The summed E-state index contributed by atoms with van der Waals surface area (Å²) in [4.78, 5) is 13.1. The predicted octanol–water partition coefficient (Wildman–Crippen LogP) is 3.90. The van der Waals surface area contributed by atoms with Gasteiger partial charge in [0.1, 0.15) is 5.75 Å². The van der Waals surface area contributed by atoms with Crippen LogP contribution in [0.15, 0.2) is 42.5 Å². The Kier molecular flexibility index (Phi) is 4.77. The van der Waals surface area contributed by atoms with Crippen LogP contribution < -0.4 is 15.8 Å². The summed E-state index contributed by atoms with van der Waals surface area (Å²) >= 11 is 0. The fourth-order valence-electron chi connectivity index (χ4n) is 3.63. The molecule has 0 atom stereocenters. The molecule has 1 heterocycles. The standard InChI is InChI=1S/C22H24N4O2/c1-14-7-9-15(10-8-14)26-20-6-4-3-5-17(20)21(25-26)22(27)24-19-13-16(28-2)11-12-18(19)23/h7-13H,3-6,23H2,1-2H3,(H,24,27). The van der Waals surface area contributed by atoms with Crippen LogP contribution in [0.1, 0.15) is 40.2 Å². The summed E-state index contributed by atoms with van der Waals surface area (Å²) in [6.45, 7) is 2.06. The molecule has 1 aromatic heterocycles. The van der Waals surface area contributed by atoms with E-state index in [-0.39, 0.29) is 5.91 Å². The van der Waals surface area contributed by atoms with E-state index >= 15 is 0 Å². The molecule has 144 valence electrons. The zero-order valence-corrected chi connectivity index (χ0v) is 16.2. The first-order valence-corrected chi connectivity index (χ1v) is 9.49. The van der Waals surface area contributed by atoms with Gasteiger partial charge < -0.3 is 15.8 Å². The molecule has 28 heavy (non-hydrogen) atoms. The molecular formula is C22H24N4O2. The lowest BCUT2D eigenvalue weighted by atomic mass is 9.95. The lowest BCUT2D eigenvalue weighted by Gasteiger charge is -2.14. The van der Waals surface area contributed by atoms with E-state index in [0.29, 0.717) is 22.8 Å². The van der Waals surface area contributed by atoms with Crippen molar-refractivity contribution in [3.05, 3.63) is 65.0 Å². The monoisotopic (exact) mass is 376 g/mol. The first-order valence-electron chi connectivity index (χ1n) is 9.49. The van der Waals surface area contributed by atoms with Crippen molar-refractivity contribution >= 4 is 17.3 Å². The van der Waals surface area contributed by atoms with Gasteiger partial charge in [-0.05, 0) is 56.9 Å². The second-order valence-corrected chi connectivity index (χ2v) is 7.14. The highest BCUT2D eigenvalue weighted by atomic mass is 16.5. The third-order valence-corrected chi connectivity index (χ3v) is 5.18. The third-order valence-electron chi connectivity index (χ3n) is 5.18. The van der Waals surface area contributed by atoms with Crippen molar-refractivity contribution in [2.45, 2.75) is 32.6 Å². The van der Waals surface area contributed by atoms with Gasteiger partial charge in [0, 0.05) is 17.3 Å². The Hall–Kier alpha value is -3.28. The number of ether oxygens (including phenoxy) is 1. The van der Waals surface area contributed by atoms with Gasteiger partial charge in [0.25, 0.3) is 5.91 Å². The number of hydrogen-bond donors (Lipinski definition) is 2. The molecular weight excluding hydrogens is 352 g/mol. The van der Waals surface area contributed by atoms with Crippen LogP contribution in [-0.2, 0) is 12.8 Å². The van der Waals surface area contributed by atoms with Gasteiger partial charge in [-0.25, -0.2) is 4.68 Å². The van der Waals surface area contributed by atoms with Crippen LogP contribution in [0.25, 0.3) is 5.69 Å². The fourth-order valence-corrected chi connectivity index (χ4v) is 3.63. The largest absolute Gasteiger partial charge is 0.497 e. The second kappa shape index (κ2) is 7.38. The summed E-state index contributed by atoms with van der Waals surface area (Å²) in [5, 5.41) is 7.60. The Balaban J connectivity index is 1.71. The number of hydrogen-bond acceptors (Lipinski definition) is 4. The zero-order valence-electron chi connectivity index (χ0n) is 16.2. The molecule has 6 heteroatoms. The molecule has 3 N–H and O–H groups in total. The summed E-state index contributed by atoms with van der Waals surface area (Å²) in [6.07, 6.45) is 3.95. The predicted molar refractivity (Wildman–Crippen MR) is 110 cm³/mol. The highest BCUT2D eigenvalue weighted by Gasteiger charge is 2.26. The normalized spacial score (nSPS) is 13.1. The van der Waals surface area contributed by atoms with Crippen LogP contribution in [0, 0.1) is 6.92 Å². The first-order chi connectivity index (χ1) is 13.6. The van der Waals surface area contributed by atoms with Gasteiger partial charge in [0.15, 0.2) is 5.69 Å². The average molecular weight is 376 g/mol. The van der Waals surface area contributed by atoms with E-state index in [2.05, 4.69) is 24.4 Å². The van der Waals surface area contributed by atoms with Crippen LogP contribution in [0.3, 0.4) is 0 Å². The summed E-state index contributed by atoms with van der Waals surface area (Å²) < 4.78 is 7.15. The summed E-state index contributed by atoms with van der Waals surface area (Å²) in [5.41, 5.74) is 11.8. The third kappa shape index (κ3) is 3.33. The number of amides is 1. The molecule has 0 spiro atoms. The molecule has 3 aromatic rings. The van der Waals surface area contributed by atoms with E-state index in [1.165, 1.54) is 5.56 Å². The van der Waals surface area contributed by atoms with Crippen LogP contribution in [0.4, 0.5) is 11.4 Å². The number of aryl methyl sites for hydroxylation is 1. The molecule has 0 radical (unpaired) electrons. The summed E-state index contributed by atoms with van der Waals surface area (Å²) in [7, 11) is 1.58. The van der Waals surface area contributed by atoms with Crippen molar-refractivity contribution in [3.8, 4) is 11.4 Å². The zero-order chi connectivity index (χ0) is 19.7. The Bertz CT molecular complexity index is 1020. The van der Waals surface area contributed by atoms with E-state index in [0.717, 1.165) is 42.6 Å². The quantitative estimate of drug-likeness (QED) is 0.677. The SMILES string of the molecule is COc1ccc(N)c(NC(=O)c2nn(-c3ccc(C)cc3)c3c2CCCC3)c1. The van der Waals surface area contributed by atoms with E-state index in [1.807, 2.05) is 16.8 Å². The van der Waals surface area contributed by atoms with Gasteiger partial charge in [0.05, 0.1) is 24.2 Å². The highest BCUT2D eigenvalue weighted by Crippen LogP contribution is 2.29. The number of benzene rings is 2. The molecule has 0 aliphatic heterocycles. The van der Waals surface area contributed by atoms with Crippen molar-refractivity contribution in [2.75, 3.05) is 18.2 Å². The van der Waals surface area contributed by atoms with Crippen LogP contribution in [-0.4, -0.2) is 22.8 Å². The molecule has 4 rings (SSSR count). The van der Waals surface area contributed by atoms with Crippen molar-refractivity contribution in [1.82, 2.24) is 9.78 Å². The highest BCUT2D eigenvalue weighted by molar-refractivity contribution is 6.05. The van der Waals surface area contributed by atoms with E-state index in [9.17, 15) is 4.79 Å². The topological polar surface area (TPSA) is 82.2 Å². The molecule has 1 aliphatic rings. The molecule has 0 fully saturated rings. The molecule has 1 aliphatic carbocycles. The van der Waals surface area contributed by atoms with Gasteiger partial charge >= 0.3 is 0 Å². The van der Waals surface area contributed by atoms with Crippen molar-refractivity contribution < 1.29 is 9.53 Å². The Labute approximate surface area is 164 Å². The summed E-state index contributed by atoms with van der Waals surface area (Å²) in [5.74, 6) is 0.390. The number of anilines is 2. The van der Waals surface area contributed by atoms with E-state index < -0.39 is 0 Å². The minimum Gasteiger partial charge on any atom is -0.497 e. The minimum absolute atomic E-state index is 0.246. The minimum atomic E-state index is -0.246. The second-order valence-electron chi connectivity index (χ2n) is 7.14. The molecule has 0 unspecified atom stereocenters. The van der Waals surface area contributed by atoms with Gasteiger partial charge in [-0.2, -0.15) is 5.10 Å². The maximum atomic E-state index is 13.1. The van der Waals surface area contributed by atoms with Gasteiger partial charge in [-0.3, -0.25) is 4.79 Å². The van der Waals surface area contributed by atoms with Crippen molar-refractivity contribution in [1.29, 1.82) is 0 Å². The number of rotatable bonds is 4. The Morgan fingerprint density at radius 3 is 2.64 bits per heavy atom. The maximum Gasteiger partial charge on any atom is 0.276 e. The Morgan fingerprint density at radius 2 is 1.89 bits per heavy atom. The number of carbonyl (C=O) groups excluding carboxylic acids is 1. The van der Waals surface area contributed by atoms with Gasteiger partial charge in [-0.15, -0.1) is 0 Å². The maximum absolute atomic E-state index is 13.1.